The molecule has 55 heavy (non-hydrogen) atoms. The van der Waals surface area contributed by atoms with Crippen LogP contribution >= 0.6 is 0 Å². The lowest BCUT2D eigenvalue weighted by atomic mass is 9.48. The van der Waals surface area contributed by atoms with E-state index in [1.54, 1.807) is 5.56 Å². The Kier molecular flexibility index (Phi) is 7.29. The fraction of sp³-hybridized carbons (Fsp3) is 0.216. The standard InChI is InChI=1S/C51H40N4/c52-32-33-11-9-14-38(28-33)48-53-47(37-12-3-1-4-13-37)54-49(55-48)43-18-10-20-45-46(43)42-17-7-8-19-44(42)51(45,40-15-5-2-6-16-40)41-23-21-39(22-24-41)50-29-34-25-35(30-50)27-36(26-34)31-50/h1-24,28,34-36H,25-27,29-31H2/t34-,35+,36-,50?,51?. The molecular weight excluding hydrogens is 669 g/mol. The molecule has 4 heteroatoms. The van der Waals surface area contributed by atoms with E-state index in [1.807, 2.05) is 54.6 Å². The predicted molar refractivity (Wildman–Crippen MR) is 218 cm³/mol. The molecule has 5 aliphatic carbocycles. The molecule has 4 nitrogen and oxygen atoms in total. The second-order valence-corrected chi connectivity index (χ2v) is 16.5. The largest absolute Gasteiger partial charge is 0.208 e. The highest BCUT2D eigenvalue weighted by Crippen LogP contribution is 2.62. The molecule has 0 spiro atoms. The molecule has 0 N–H and O–H groups in total. The summed E-state index contributed by atoms with van der Waals surface area (Å²) in [6.07, 6.45) is 8.43. The number of hydrogen-bond donors (Lipinski definition) is 0. The van der Waals surface area contributed by atoms with Gasteiger partial charge in [0.1, 0.15) is 0 Å². The summed E-state index contributed by atoms with van der Waals surface area (Å²) >= 11 is 0. The molecule has 1 unspecified atom stereocenters. The summed E-state index contributed by atoms with van der Waals surface area (Å²) in [4.78, 5) is 15.4. The topological polar surface area (TPSA) is 62.5 Å². The summed E-state index contributed by atoms with van der Waals surface area (Å²) in [5.41, 5.74) is 11.9. The van der Waals surface area contributed by atoms with Gasteiger partial charge in [0.15, 0.2) is 17.5 Å². The maximum absolute atomic E-state index is 9.74. The molecule has 0 saturated heterocycles. The third-order valence-corrected chi connectivity index (χ3v) is 13.4. The van der Waals surface area contributed by atoms with Crippen molar-refractivity contribution >= 4 is 0 Å². The Balaban J connectivity index is 1.13. The Morgan fingerprint density at radius 1 is 0.473 bits per heavy atom. The van der Waals surface area contributed by atoms with Crippen LogP contribution in [0.25, 0.3) is 45.3 Å². The third kappa shape index (κ3) is 4.99. The highest BCUT2D eigenvalue weighted by atomic mass is 15.0. The lowest BCUT2D eigenvalue weighted by molar-refractivity contribution is -0.00519. The molecular formula is C51H40N4. The van der Waals surface area contributed by atoms with E-state index in [0.717, 1.165) is 40.0 Å². The van der Waals surface area contributed by atoms with Crippen molar-refractivity contribution in [2.75, 3.05) is 0 Å². The van der Waals surface area contributed by atoms with E-state index >= 15 is 0 Å². The first-order valence-corrected chi connectivity index (χ1v) is 19.8. The van der Waals surface area contributed by atoms with Crippen molar-refractivity contribution < 1.29 is 0 Å². The molecule has 0 aliphatic heterocycles. The van der Waals surface area contributed by atoms with Crippen LogP contribution in [-0.2, 0) is 10.8 Å². The van der Waals surface area contributed by atoms with Gasteiger partial charge in [0.05, 0.1) is 17.0 Å². The maximum Gasteiger partial charge on any atom is 0.164 e. The van der Waals surface area contributed by atoms with Gasteiger partial charge in [0, 0.05) is 16.7 Å². The molecule has 1 atom stereocenters. The average Bonchev–Trinajstić information content (AvgIpc) is 3.55. The van der Waals surface area contributed by atoms with Crippen molar-refractivity contribution in [1.82, 2.24) is 15.0 Å². The van der Waals surface area contributed by atoms with Crippen LogP contribution in [0.2, 0.25) is 0 Å². The van der Waals surface area contributed by atoms with Crippen LogP contribution in [0.15, 0.2) is 152 Å². The van der Waals surface area contributed by atoms with E-state index < -0.39 is 5.41 Å². The van der Waals surface area contributed by atoms with E-state index in [-0.39, 0.29) is 0 Å². The van der Waals surface area contributed by atoms with E-state index in [1.165, 1.54) is 66.3 Å². The van der Waals surface area contributed by atoms with Gasteiger partial charge in [-0.05, 0) is 113 Å². The molecule has 7 aromatic rings. The lowest BCUT2D eigenvalue weighted by Crippen LogP contribution is -2.48. The number of rotatable bonds is 6. The first-order valence-electron chi connectivity index (χ1n) is 19.8. The highest BCUT2D eigenvalue weighted by molar-refractivity contribution is 5.94. The molecule has 5 aliphatic rings. The summed E-state index contributed by atoms with van der Waals surface area (Å²) in [5.74, 6) is 4.46. The zero-order valence-electron chi connectivity index (χ0n) is 30.7. The minimum atomic E-state index is -0.539. The minimum absolute atomic E-state index is 0.339. The fourth-order valence-corrected chi connectivity index (χ4v) is 11.6. The smallest absolute Gasteiger partial charge is 0.164 e. The maximum atomic E-state index is 9.74. The van der Waals surface area contributed by atoms with Crippen molar-refractivity contribution in [3.05, 3.63) is 185 Å². The Morgan fingerprint density at radius 2 is 1.00 bits per heavy atom. The average molecular weight is 709 g/mol. The number of fused-ring (bicyclic) bond motifs is 3. The molecule has 6 aromatic carbocycles. The SMILES string of the molecule is N#Cc1cccc(-c2nc(-c3ccccc3)nc(-c3cccc4c3-c3ccccc3C4(c3ccccc3)c3ccc(C45C[C@H]6C[C@@H](C4)C[C@@H](C5)C6)cc3)n2)c1. The van der Waals surface area contributed by atoms with Crippen LogP contribution in [0.5, 0.6) is 0 Å². The molecule has 0 radical (unpaired) electrons. The molecule has 12 rings (SSSR count). The predicted octanol–water partition coefficient (Wildman–Crippen LogP) is 11.6. The van der Waals surface area contributed by atoms with Gasteiger partial charge in [-0.15, -0.1) is 0 Å². The zero-order valence-corrected chi connectivity index (χ0v) is 30.7. The van der Waals surface area contributed by atoms with Crippen molar-refractivity contribution in [2.24, 2.45) is 17.8 Å². The summed E-state index contributed by atoms with van der Waals surface area (Å²) in [6.45, 7) is 0. The summed E-state index contributed by atoms with van der Waals surface area (Å²) in [5, 5.41) is 9.74. The van der Waals surface area contributed by atoms with Gasteiger partial charge < -0.3 is 0 Å². The van der Waals surface area contributed by atoms with E-state index in [0.29, 0.717) is 28.5 Å². The Morgan fingerprint density at radius 3 is 1.71 bits per heavy atom. The first kappa shape index (κ1) is 32.3. The Hall–Kier alpha value is -6.18. The Labute approximate surface area is 322 Å². The summed E-state index contributed by atoms with van der Waals surface area (Å²) in [6, 6.07) is 56.4. The highest BCUT2D eigenvalue weighted by Gasteiger charge is 2.52. The summed E-state index contributed by atoms with van der Waals surface area (Å²) in [7, 11) is 0. The van der Waals surface area contributed by atoms with Crippen LogP contribution in [-0.4, -0.2) is 15.0 Å². The number of nitrogens with zero attached hydrogens (tertiary/aromatic N) is 4. The second kappa shape index (κ2) is 12.4. The number of aromatic nitrogens is 3. The fourth-order valence-electron chi connectivity index (χ4n) is 11.6. The van der Waals surface area contributed by atoms with Crippen molar-refractivity contribution in [2.45, 2.75) is 49.4 Å². The van der Waals surface area contributed by atoms with Gasteiger partial charge in [0.2, 0.25) is 0 Å². The molecule has 1 heterocycles. The van der Waals surface area contributed by atoms with Crippen LogP contribution in [0.4, 0.5) is 0 Å². The van der Waals surface area contributed by atoms with E-state index in [9.17, 15) is 5.26 Å². The van der Waals surface area contributed by atoms with E-state index in [4.69, 9.17) is 15.0 Å². The van der Waals surface area contributed by atoms with Crippen LogP contribution < -0.4 is 0 Å². The van der Waals surface area contributed by atoms with Crippen molar-refractivity contribution in [3.63, 3.8) is 0 Å². The lowest BCUT2D eigenvalue weighted by Gasteiger charge is -2.57. The van der Waals surface area contributed by atoms with Gasteiger partial charge in [-0.3, -0.25) is 0 Å². The third-order valence-electron chi connectivity index (χ3n) is 13.4. The number of nitriles is 1. The quantitative estimate of drug-likeness (QED) is 0.172. The van der Waals surface area contributed by atoms with Gasteiger partial charge >= 0.3 is 0 Å². The molecule has 4 saturated carbocycles. The van der Waals surface area contributed by atoms with Gasteiger partial charge in [-0.25, -0.2) is 15.0 Å². The Bertz CT molecular complexity index is 2600. The van der Waals surface area contributed by atoms with Gasteiger partial charge in [-0.2, -0.15) is 5.26 Å². The van der Waals surface area contributed by atoms with Crippen molar-refractivity contribution in [3.8, 4) is 51.4 Å². The normalized spacial score (nSPS) is 24.2. The van der Waals surface area contributed by atoms with Gasteiger partial charge in [0.25, 0.3) is 0 Å². The molecule has 1 aromatic heterocycles. The van der Waals surface area contributed by atoms with Gasteiger partial charge in [-0.1, -0.05) is 140 Å². The molecule has 4 fully saturated rings. The monoisotopic (exact) mass is 708 g/mol. The zero-order chi connectivity index (χ0) is 36.6. The van der Waals surface area contributed by atoms with Crippen LogP contribution in [0.3, 0.4) is 0 Å². The minimum Gasteiger partial charge on any atom is -0.208 e. The van der Waals surface area contributed by atoms with Crippen LogP contribution in [0.1, 0.15) is 71.9 Å². The molecule has 0 amide bonds. The van der Waals surface area contributed by atoms with E-state index in [2.05, 4.69) is 103 Å². The number of benzene rings is 6. The first-order chi connectivity index (χ1) is 27.1. The molecule has 4 bridgehead atoms. The molecule has 264 valence electrons. The number of hydrogen-bond acceptors (Lipinski definition) is 4. The van der Waals surface area contributed by atoms with Crippen LogP contribution in [0, 0.1) is 29.1 Å². The second-order valence-electron chi connectivity index (χ2n) is 16.5. The summed E-state index contributed by atoms with van der Waals surface area (Å²) < 4.78 is 0. The van der Waals surface area contributed by atoms with Crippen molar-refractivity contribution in [1.29, 1.82) is 5.26 Å².